The van der Waals surface area contributed by atoms with Crippen LogP contribution in [0.15, 0.2) is 22.7 Å². The van der Waals surface area contributed by atoms with E-state index in [0.29, 0.717) is 17.4 Å². The number of rotatable bonds is 6. The molecule has 0 aromatic heterocycles. The van der Waals surface area contributed by atoms with Gasteiger partial charge < -0.3 is 15.7 Å². The largest absolute Gasteiger partial charge is 0.481 e. The zero-order chi connectivity index (χ0) is 15.4. The summed E-state index contributed by atoms with van der Waals surface area (Å²) in [6.07, 6.45) is 1.21. The molecule has 21 heavy (non-hydrogen) atoms. The van der Waals surface area contributed by atoms with Crippen molar-refractivity contribution in [3.8, 4) is 0 Å². The molecule has 1 fully saturated rings. The molecule has 0 bridgehead atoms. The predicted octanol–water partition coefficient (Wildman–Crippen LogP) is 2.61. The molecule has 0 heterocycles. The lowest BCUT2D eigenvalue weighted by atomic mass is 10.1. The number of hydrogen-bond acceptors (Lipinski definition) is 2. The van der Waals surface area contributed by atoms with Crippen LogP contribution >= 0.6 is 15.9 Å². The van der Waals surface area contributed by atoms with Crippen molar-refractivity contribution in [3.63, 3.8) is 0 Å². The van der Waals surface area contributed by atoms with Crippen molar-refractivity contribution in [2.45, 2.75) is 31.2 Å². The fourth-order valence-corrected chi connectivity index (χ4v) is 2.37. The SMILES string of the molecule is O=C(O)CCCNC(=O)N[C@@H]1C[C@H]1c1ccc(Br)c(F)c1. The van der Waals surface area contributed by atoms with Gasteiger partial charge in [-0.3, -0.25) is 4.79 Å². The number of hydrogen-bond donors (Lipinski definition) is 3. The highest BCUT2D eigenvalue weighted by Gasteiger charge is 2.39. The standard InChI is InChI=1S/C14H16BrFN2O3/c15-10-4-3-8(6-11(10)16)9-7-12(9)18-14(21)17-5-1-2-13(19)20/h3-4,6,9,12H,1-2,5,7H2,(H,19,20)(H2,17,18,21)/t9-,12+/m0/s1. The number of nitrogens with one attached hydrogen (secondary N) is 2. The van der Waals surface area contributed by atoms with E-state index >= 15 is 0 Å². The molecular weight excluding hydrogens is 343 g/mol. The molecule has 2 atom stereocenters. The van der Waals surface area contributed by atoms with E-state index in [9.17, 15) is 14.0 Å². The highest BCUT2D eigenvalue weighted by molar-refractivity contribution is 9.10. The van der Waals surface area contributed by atoms with Crippen molar-refractivity contribution in [2.24, 2.45) is 0 Å². The van der Waals surface area contributed by atoms with E-state index < -0.39 is 5.97 Å². The molecule has 1 aromatic carbocycles. The number of urea groups is 1. The van der Waals surface area contributed by atoms with Gasteiger partial charge in [0.25, 0.3) is 0 Å². The Morgan fingerprint density at radius 1 is 1.43 bits per heavy atom. The number of carbonyl (C=O) groups excluding carboxylic acids is 1. The minimum atomic E-state index is -0.878. The lowest BCUT2D eigenvalue weighted by Crippen LogP contribution is -2.37. The first-order valence-corrected chi connectivity index (χ1v) is 7.48. The Hall–Kier alpha value is -1.63. The van der Waals surface area contributed by atoms with Crippen molar-refractivity contribution in [3.05, 3.63) is 34.1 Å². The number of carbonyl (C=O) groups is 2. The fraction of sp³-hybridized carbons (Fsp3) is 0.429. The van der Waals surface area contributed by atoms with E-state index in [1.54, 1.807) is 6.07 Å². The lowest BCUT2D eigenvalue weighted by Gasteiger charge is -2.07. The highest BCUT2D eigenvalue weighted by atomic mass is 79.9. The molecule has 2 rings (SSSR count). The van der Waals surface area contributed by atoms with Crippen LogP contribution in [-0.2, 0) is 4.79 Å². The first-order chi connectivity index (χ1) is 9.97. The van der Waals surface area contributed by atoms with Gasteiger partial charge in [-0.05, 0) is 46.5 Å². The third kappa shape index (κ3) is 4.70. The normalized spacial score (nSPS) is 19.9. The molecule has 0 spiro atoms. The summed E-state index contributed by atoms with van der Waals surface area (Å²) in [5, 5.41) is 13.9. The smallest absolute Gasteiger partial charge is 0.315 e. The molecule has 0 radical (unpaired) electrons. The van der Waals surface area contributed by atoms with E-state index in [2.05, 4.69) is 26.6 Å². The summed E-state index contributed by atoms with van der Waals surface area (Å²) >= 11 is 3.10. The molecule has 3 N–H and O–H groups in total. The summed E-state index contributed by atoms with van der Waals surface area (Å²) in [7, 11) is 0. The summed E-state index contributed by atoms with van der Waals surface area (Å²) in [5.74, 6) is -1.05. The van der Waals surface area contributed by atoms with Crippen LogP contribution in [0.5, 0.6) is 0 Å². The maximum atomic E-state index is 13.4. The number of carboxylic acid groups (broad SMARTS) is 1. The Labute approximate surface area is 130 Å². The predicted molar refractivity (Wildman–Crippen MR) is 78.7 cm³/mol. The summed E-state index contributed by atoms with van der Waals surface area (Å²) in [6, 6.07) is 4.66. The maximum Gasteiger partial charge on any atom is 0.315 e. The maximum absolute atomic E-state index is 13.4. The Kier molecular flexibility index (Phi) is 5.17. The van der Waals surface area contributed by atoms with Gasteiger partial charge in [-0.15, -0.1) is 0 Å². The van der Waals surface area contributed by atoms with Crippen LogP contribution < -0.4 is 10.6 Å². The van der Waals surface area contributed by atoms with Crippen LogP contribution in [0, 0.1) is 5.82 Å². The minimum Gasteiger partial charge on any atom is -0.481 e. The first-order valence-electron chi connectivity index (χ1n) is 6.68. The van der Waals surface area contributed by atoms with E-state index in [1.165, 1.54) is 6.07 Å². The monoisotopic (exact) mass is 358 g/mol. The van der Waals surface area contributed by atoms with E-state index in [1.807, 2.05) is 6.07 Å². The van der Waals surface area contributed by atoms with Crippen LogP contribution in [0.3, 0.4) is 0 Å². The van der Waals surface area contributed by atoms with Gasteiger partial charge >= 0.3 is 12.0 Å². The lowest BCUT2D eigenvalue weighted by molar-refractivity contribution is -0.137. The van der Waals surface area contributed by atoms with Crippen LogP contribution in [0.2, 0.25) is 0 Å². The second-order valence-electron chi connectivity index (χ2n) is 5.02. The van der Waals surface area contributed by atoms with Gasteiger partial charge in [0.2, 0.25) is 0 Å². The van der Waals surface area contributed by atoms with Gasteiger partial charge in [-0.2, -0.15) is 0 Å². The third-order valence-corrected chi connectivity index (χ3v) is 3.97. The van der Waals surface area contributed by atoms with Gasteiger partial charge in [0.15, 0.2) is 0 Å². The van der Waals surface area contributed by atoms with Gasteiger partial charge in [0.05, 0.1) is 4.47 Å². The van der Waals surface area contributed by atoms with Gasteiger partial charge in [0.1, 0.15) is 5.82 Å². The molecule has 1 aliphatic rings. The molecule has 1 aliphatic carbocycles. The Bertz CT molecular complexity index is 553. The summed E-state index contributed by atoms with van der Waals surface area (Å²) < 4.78 is 13.9. The number of amides is 2. The van der Waals surface area contributed by atoms with Gasteiger partial charge in [0, 0.05) is 24.9 Å². The van der Waals surface area contributed by atoms with Crippen LogP contribution in [0.4, 0.5) is 9.18 Å². The molecule has 5 nitrogen and oxygen atoms in total. The Morgan fingerprint density at radius 2 is 2.19 bits per heavy atom. The van der Waals surface area contributed by atoms with Gasteiger partial charge in [-0.1, -0.05) is 6.07 Å². The van der Waals surface area contributed by atoms with E-state index in [4.69, 9.17) is 5.11 Å². The van der Waals surface area contributed by atoms with Crippen molar-refractivity contribution < 1.29 is 19.1 Å². The summed E-state index contributed by atoms with van der Waals surface area (Å²) in [4.78, 5) is 21.9. The molecular formula is C14H16BrFN2O3. The van der Waals surface area contributed by atoms with Crippen molar-refractivity contribution in [1.29, 1.82) is 0 Å². The van der Waals surface area contributed by atoms with E-state index in [-0.39, 0.29) is 30.2 Å². The first kappa shape index (κ1) is 15.8. The fourth-order valence-electron chi connectivity index (χ4n) is 2.13. The average Bonchev–Trinajstić information content (AvgIpc) is 3.17. The number of carboxylic acids is 1. The number of halogens is 2. The average molecular weight is 359 g/mol. The highest BCUT2D eigenvalue weighted by Crippen LogP contribution is 2.41. The van der Waals surface area contributed by atoms with E-state index in [0.717, 1.165) is 12.0 Å². The van der Waals surface area contributed by atoms with Crippen molar-refractivity contribution >= 4 is 27.9 Å². The molecule has 0 saturated heterocycles. The second kappa shape index (κ2) is 6.89. The summed E-state index contributed by atoms with van der Waals surface area (Å²) in [5.41, 5.74) is 0.867. The van der Waals surface area contributed by atoms with Crippen molar-refractivity contribution in [1.82, 2.24) is 10.6 Å². The van der Waals surface area contributed by atoms with Crippen LogP contribution in [0.1, 0.15) is 30.7 Å². The zero-order valence-electron chi connectivity index (χ0n) is 11.2. The van der Waals surface area contributed by atoms with Crippen molar-refractivity contribution in [2.75, 3.05) is 6.54 Å². The summed E-state index contributed by atoms with van der Waals surface area (Å²) in [6.45, 7) is 0.322. The topological polar surface area (TPSA) is 78.4 Å². The quantitative estimate of drug-likeness (QED) is 0.684. The van der Waals surface area contributed by atoms with Crippen LogP contribution in [-0.4, -0.2) is 29.7 Å². The molecule has 0 unspecified atom stereocenters. The minimum absolute atomic E-state index is 0.00468. The number of aliphatic carboxylic acids is 1. The third-order valence-electron chi connectivity index (χ3n) is 3.33. The Balaban J connectivity index is 1.72. The molecule has 1 saturated carbocycles. The molecule has 7 heteroatoms. The zero-order valence-corrected chi connectivity index (χ0v) is 12.8. The second-order valence-corrected chi connectivity index (χ2v) is 5.87. The Morgan fingerprint density at radius 3 is 2.86 bits per heavy atom. The molecule has 0 aliphatic heterocycles. The van der Waals surface area contributed by atoms with Gasteiger partial charge in [-0.25, -0.2) is 9.18 Å². The number of benzene rings is 1. The molecule has 2 amide bonds. The molecule has 1 aromatic rings. The molecule has 114 valence electrons. The van der Waals surface area contributed by atoms with Crippen LogP contribution in [0.25, 0.3) is 0 Å².